The van der Waals surface area contributed by atoms with Crippen molar-refractivity contribution in [3.63, 3.8) is 0 Å². The van der Waals surface area contributed by atoms with Gasteiger partial charge in [0, 0.05) is 0 Å². The van der Waals surface area contributed by atoms with E-state index in [-0.39, 0.29) is 23.1 Å². The number of rotatable bonds is 21. The van der Waals surface area contributed by atoms with E-state index in [2.05, 4.69) is 27.7 Å². The molecule has 0 aliphatic rings. The Morgan fingerprint density at radius 1 is 0.500 bits per heavy atom. The monoisotopic (exact) mass is 481 g/mol. The summed E-state index contributed by atoms with van der Waals surface area (Å²) in [6.45, 7) is 9.56. The first kappa shape index (κ1) is 33.5. The Morgan fingerprint density at radius 2 is 0.821 bits per heavy atom. The predicted molar refractivity (Wildman–Crippen MR) is 132 cm³/mol. The molecule has 0 saturated carbocycles. The third kappa shape index (κ3) is 23.2. The van der Waals surface area contributed by atoms with Gasteiger partial charge in [-0.05, 0) is 37.2 Å². The molecule has 0 spiro atoms. The topological polar surface area (TPSA) is 36.5 Å². The van der Waals surface area contributed by atoms with E-state index < -0.39 is 0 Å². The maximum absolute atomic E-state index is 2.60. The van der Waals surface area contributed by atoms with E-state index >= 15 is 0 Å². The van der Waals surface area contributed by atoms with Crippen molar-refractivity contribution in [1.29, 1.82) is 0 Å². The second-order valence-corrected chi connectivity index (χ2v) is 11.6. The molecular formula is C25H57BrNP. The lowest BCUT2D eigenvalue weighted by Crippen LogP contribution is -3.00. The number of quaternary nitrogens is 1. The van der Waals surface area contributed by atoms with E-state index in [1.54, 1.807) is 12.3 Å². The van der Waals surface area contributed by atoms with Crippen molar-refractivity contribution >= 4 is 7.92 Å². The average Bonchev–Trinajstić information content (AvgIpc) is 2.65. The van der Waals surface area contributed by atoms with Gasteiger partial charge >= 0.3 is 0 Å². The number of hydrogen-bond acceptors (Lipinski definition) is 0. The van der Waals surface area contributed by atoms with Gasteiger partial charge < -0.3 is 23.1 Å². The van der Waals surface area contributed by atoms with Crippen molar-refractivity contribution < 1.29 is 17.0 Å². The van der Waals surface area contributed by atoms with Crippen LogP contribution in [0.5, 0.6) is 0 Å². The average molecular weight is 483 g/mol. The van der Waals surface area contributed by atoms with Crippen LogP contribution in [0, 0.1) is 0 Å². The Labute approximate surface area is 192 Å². The Balaban J connectivity index is -0.00000312. The van der Waals surface area contributed by atoms with Gasteiger partial charge in [0.05, 0.1) is 0 Å². The summed E-state index contributed by atoms with van der Waals surface area (Å²) in [5, 5.41) is 0. The lowest BCUT2D eigenvalue weighted by atomic mass is 10.1. The smallest absolute Gasteiger partial charge is 0.0238 e. The van der Waals surface area contributed by atoms with E-state index in [1.165, 1.54) is 116 Å². The molecule has 1 unspecified atom stereocenters. The van der Waals surface area contributed by atoms with E-state index in [0.717, 1.165) is 5.66 Å². The Morgan fingerprint density at radius 3 is 1.21 bits per heavy atom. The van der Waals surface area contributed by atoms with Crippen molar-refractivity contribution in [2.75, 3.05) is 12.3 Å². The van der Waals surface area contributed by atoms with E-state index in [0.29, 0.717) is 7.92 Å². The molecule has 28 heavy (non-hydrogen) atoms. The summed E-state index contributed by atoms with van der Waals surface area (Å²) in [5.74, 6) is 0. The van der Waals surface area contributed by atoms with Gasteiger partial charge in [0.2, 0.25) is 0 Å². The van der Waals surface area contributed by atoms with Crippen LogP contribution in [0.2, 0.25) is 0 Å². The largest absolute Gasteiger partial charge is 1.00 e. The molecule has 0 aromatic rings. The van der Waals surface area contributed by atoms with Gasteiger partial charge in [-0.3, -0.25) is 0 Å². The first-order valence-electron chi connectivity index (χ1n) is 12.5. The van der Waals surface area contributed by atoms with Crippen LogP contribution in [0.15, 0.2) is 0 Å². The van der Waals surface area contributed by atoms with E-state index in [4.69, 9.17) is 0 Å². The molecule has 0 amide bonds. The first-order chi connectivity index (χ1) is 12.8. The molecule has 0 bridgehead atoms. The second kappa shape index (κ2) is 27.9. The third-order valence-corrected chi connectivity index (χ3v) is 9.23. The summed E-state index contributed by atoms with van der Waals surface area (Å²) in [5.41, 5.74) is 1.03. The number of halogens is 1. The molecule has 0 rings (SSSR count). The minimum Gasteiger partial charge on any atom is -1.00 e. The number of hydrogen-bond donors (Lipinski definition) is 1. The molecule has 0 heterocycles. The lowest BCUT2D eigenvalue weighted by Gasteiger charge is -2.25. The summed E-state index contributed by atoms with van der Waals surface area (Å²) in [6, 6.07) is 0. The fourth-order valence-corrected chi connectivity index (χ4v) is 6.88. The summed E-state index contributed by atoms with van der Waals surface area (Å²) >= 11 is 0. The molecule has 4 N–H and O–H groups in total. The predicted octanol–water partition coefficient (Wildman–Crippen LogP) is 7.32. The van der Waals surface area contributed by atoms with Crippen LogP contribution < -0.4 is 23.1 Å². The molecule has 1 nitrogen and oxygen atoms in total. The third-order valence-electron chi connectivity index (χ3n) is 5.95. The van der Waals surface area contributed by atoms with Crippen LogP contribution >= 0.6 is 7.92 Å². The minimum absolute atomic E-state index is 0. The Kier molecular flexibility index (Phi) is 33.4. The van der Waals surface area contributed by atoms with Gasteiger partial charge in [-0.1, -0.05) is 124 Å². The highest BCUT2D eigenvalue weighted by atomic mass is 79.9. The molecular weight excluding hydrogens is 425 g/mol. The van der Waals surface area contributed by atoms with Crippen LogP contribution in [0.1, 0.15) is 143 Å². The zero-order valence-electron chi connectivity index (χ0n) is 20.5. The number of unbranched alkanes of at least 4 members (excludes halogenated alkanes) is 14. The summed E-state index contributed by atoms with van der Waals surface area (Å²) in [4.78, 5) is 0. The zero-order chi connectivity index (χ0) is 19.3. The molecule has 0 aliphatic heterocycles. The van der Waals surface area contributed by atoms with Crippen molar-refractivity contribution in [1.82, 2.24) is 6.15 Å². The van der Waals surface area contributed by atoms with Crippen LogP contribution in [-0.2, 0) is 0 Å². The van der Waals surface area contributed by atoms with Gasteiger partial charge in [-0.15, -0.1) is 7.92 Å². The quantitative estimate of drug-likeness (QED) is 0.131. The summed E-state index contributed by atoms with van der Waals surface area (Å²) in [6.07, 6.45) is 29.5. The Bertz CT molecular complexity index is 247. The fourth-order valence-electron chi connectivity index (χ4n) is 3.97. The van der Waals surface area contributed by atoms with Gasteiger partial charge in [0.1, 0.15) is 0 Å². The van der Waals surface area contributed by atoms with Crippen molar-refractivity contribution in [2.24, 2.45) is 0 Å². The van der Waals surface area contributed by atoms with Crippen LogP contribution in [0.3, 0.4) is 0 Å². The first-order valence-corrected chi connectivity index (χ1v) is 14.3. The van der Waals surface area contributed by atoms with Crippen molar-refractivity contribution in [3.05, 3.63) is 0 Å². The van der Waals surface area contributed by atoms with Gasteiger partial charge in [0.15, 0.2) is 0 Å². The molecule has 0 radical (unpaired) electrons. The van der Waals surface area contributed by atoms with Crippen molar-refractivity contribution in [3.8, 4) is 0 Å². The zero-order valence-corrected chi connectivity index (χ0v) is 23.0. The van der Waals surface area contributed by atoms with Crippen LogP contribution in [-0.4, -0.2) is 18.0 Å². The van der Waals surface area contributed by atoms with E-state index in [1.807, 2.05) is 0 Å². The van der Waals surface area contributed by atoms with Gasteiger partial charge in [-0.25, -0.2) is 0 Å². The van der Waals surface area contributed by atoms with Gasteiger partial charge in [-0.2, -0.15) is 0 Å². The van der Waals surface area contributed by atoms with Gasteiger partial charge in [0.25, 0.3) is 0 Å². The molecule has 0 aromatic carbocycles. The molecule has 0 aliphatic carbocycles. The highest BCUT2D eigenvalue weighted by Gasteiger charge is 2.15. The second-order valence-electron chi connectivity index (χ2n) is 8.62. The maximum Gasteiger partial charge on any atom is -0.0238 e. The van der Waals surface area contributed by atoms with Crippen LogP contribution in [0.4, 0.5) is 0 Å². The molecule has 1 atom stereocenters. The standard InChI is InChI=1S/C25H53P.BrH.H3N/c1-5-8-11-14-17-20-23-26(24-21-18-15-12-9-6-2)25(4)22-19-16-13-10-7-3;;/h25H,5-24H2,1-4H3;1H;1H3. The molecule has 0 saturated heterocycles. The molecule has 0 fully saturated rings. The van der Waals surface area contributed by atoms with Crippen molar-refractivity contribution in [2.45, 2.75) is 149 Å². The molecule has 174 valence electrons. The summed E-state index contributed by atoms with van der Waals surface area (Å²) in [7, 11) is 0.305. The highest BCUT2D eigenvalue weighted by molar-refractivity contribution is 7.58. The Hall–Kier alpha value is 0.870. The maximum atomic E-state index is 2.60. The molecule has 0 aromatic heterocycles. The highest BCUT2D eigenvalue weighted by Crippen LogP contribution is 2.45. The normalized spacial score (nSPS) is 11.9. The fraction of sp³-hybridized carbons (Fsp3) is 1.00. The van der Waals surface area contributed by atoms with E-state index in [9.17, 15) is 0 Å². The minimum atomic E-state index is 0. The molecule has 3 heteroatoms. The lowest BCUT2D eigenvalue weighted by molar-refractivity contribution is -0.00000638. The van der Waals surface area contributed by atoms with Crippen LogP contribution in [0.25, 0.3) is 0 Å². The SMILES string of the molecule is CCCCCCCCP(CCCCCCCC)C(C)CCCCCCC.[Br-].[NH4+]. The summed E-state index contributed by atoms with van der Waals surface area (Å²) < 4.78 is 0.